The smallest absolute Gasteiger partial charge is 0.331 e. The minimum Gasteiger partial charge on any atom is -0.493 e. The van der Waals surface area contributed by atoms with Crippen LogP contribution in [-0.2, 0) is 14.3 Å². The number of para-hydroxylation sites is 1. The molecule has 6 nitrogen and oxygen atoms in total. The average Bonchev–Trinajstić information content (AvgIpc) is 2.67. The molecule has 0 aliphatic carbocycles. The molecule has 28 heavy (non-hydrogen) atoms. The standard InChI is InChI=1S/C21H22ClNO5/c1-14(2)28-18-10-8-15(12-19(18)26-3)9-11-21(25)27-13-20(24)23-17-7-5-4-6-16(17)22/h4-12,14H,13H2,1-3H3,(H,23,24)/b11-9+. The van der Waals surface area contributed by atoms with Gasteiger partial charge in [0.15, 0.2) is 18.1 Å². The van der Waals surface area contributed by atoms with E-state index in [1.807, 2.05) is 13.8 Å². The third-order valence-corrected chi connectivity index (χ3v) is 3.79. The van der Waals surface area contributed by atoms with Crippen LogP contribution in [0, 0.1) is 0 Å². The van der Waals surface area contributed by atoms with E-state index in [0.717, 1.165) is 5.56 Å². The van der Waals surface area contributed by atoms with Crippen molar-refractivity contribution in [2.24, 2.45) is 0 Å². The first-order valence-corrected chi connectivity index (χ1v) is 9.00. The minimum atomic E-state index is -0.643. The second-order valence-corrected chi connectivity index (χ2v) is 6.45. The molecular formula is C21H22ClNO5. The van der Waals surface area contributed by atoms with Gasteiger partial charge in [-0.05, 0) is 49.8 Å². The van der Waals surface area contributed by atoms with E-state index in [-0.39, 0.29) is 6.10 Å². The van der Waals surface area contributed by atoms with Gasteiger partial charge in [0.05, 0.1) is 23.9 Å². The maximum Gasteiger partial charge on any atom is 0.331 e. The van der Waals surface area contributed by atoms with Gasteiger partial charge in [-0.15, -0.1) is 0 Å². The Morgan fingerprint density at radius 2 is 1.89 bits per heavy atom. The summed E-state index contributed by atoms with van der Waals surface area (Å²) in [6, 6.07) is 12.1. The molecule has 2 rings (SSSR count). The Labute approximate surface area is 169 Å². The van der Waals surface area contributed by atoms with Gasteiger partial charge in [0, 0.05) is 6.08 Å². The Balaban J connectivity index is 1.89. The van der Waals surface area contributed by atoms with E-state index in [0.29, 0.717) is 22.2 Å². The lowest BCUT2D eigenvalue weighted by atomic mass is 10.2. The fourth-order valence-electron chi connectivity index (χ4n) is 2.24. The van der Waals surface area contributed by atoms with E-state index in [1.54, 1.807) is 55.7 Å². The van der Waals surface area contributed by atoms with Crippen molar-refractivity contribution in [3.8, 4) is 11.5 Å². The van der Waals surface area contributed by atoms with Crippen LogP contribution >= 0.6 is 11.6 Å². The highest BCUT2D eigenvalue weighted by Crippen LogP contribution is 2.29. The topological polar surface area (TPSA) is 73.9 Å². The number of carbonyl (C=O) groups excluding carboxylic acids is 2. The van der Waals surface area contributed by atoms with E-state index in [4.69, 9.17) is 25.8 Å². The van der Waals surface area contributed by atoms with Gasteiger partial charge < -0.3 is 19.5 Å². The highest BCUT2D eigenvalue weighted by molar-refractivity contribution is 6.33. The number of hydrogen-bond acceptors (Lipinski definition) is 5. The Morgan fingerprint density at radius 1 is 1.14 bits per heavy atom. The predicted molar refractivity (Wildman–Crippen MR) is 109 cm³/mol. The Bertz CT molecular complexity index is 864. The van der Waals surface area contributed by atoms with Crippen LogP contribution in [0.4, 0.5) is 5.69 Å². The van der Waals surface area contributed by atoms with E-state index < -0.39 is 18.5 Å². The van der Waals surface area contributed by atoms with Crippen LogP contribution in [0.3, 0.4) is 0 Å². The van der Waals surface area contributed by atoms with Gasteiger partial charge in [-0.3, -0.25) is 4.79 Å². The van der Waals surface area contributed by atoms with Crippen molar-refractivity contribution >= 4 is 35.2 Å². The molecule has 0 bridgehead atoms. The number of methoxy groups -OCH3 is 1. The fourth-order valence-corrected chi connectivity index (χ4v) is 2.42. The van der Waals surface area contributed by atoms with Gasteiger partial charge in [0.1, 0.15) is 0 Å². The molecule has 2 aromatic rings. The summed E-state index contributed by atoms with van der Waals surface area (Å²) in [5.74, 6) is 0.0549. The molecule has 1 N–H and O–H groups in total. The van der Waals surface area contributed by atoms with Crippen LogP contribution in [-0.4, -0.2) is 31.7 Å². The van der Waals surface area contributed by atoms with E-state index in [2.05, 4.69) is 5.32 Å². The molecule has 148 valence electrons. The SMILES string of the molecule is COc1cc(/C=C/C(=O)OCC(=O)Nc2ccccc2Cl)ccc1OC(C)C. The van der Waals surface area contributed by atoms with Gasteiger partial charge in [0.25, 0.3) is 5.91 Å². The number of halogens is 1. The monoisotopic (exact) mass is 403 g/mol. The zero-order valence-electron chi connectivity index (χ0n) is 15.9. The van der Waals surface area contributed by atoms with Crippen molar-refractivity contribution < 1.29 is 23.8 Å². The molecule has 0 unspecified atom stereocenters. The second-order valence-electron chi connectivity index (χ2n) is 6.05. The van der Waals surface area contributed by atoms with Gasteiger partial charge in [0.2, 0.25) is 0 Å². The summed E-state index contributed by atoms with van der Waals surface area (Å²) in [6.45, 7) is 3.43. The van der Waals surface area contributed by atoms with E-state index in [1.165, 1.54) is 6.08 Å². The minimum absolute atomic E-state index is 0.0159. The quantitative estimate of drug-likeness (QED) is 0.524. The summed E-state index contributed by atoms with van der Waals surface area (Å²) in [5.41, 5.74) is 1.18. The van der Waals surface area contributed by atoms with Crippen molar-refractivity contribution in [1.82, 2.24) is 0 Å². The summed E-state index contributed by atoms with van der Waals surface area (Å²) in [7, 11) is 1.54. The first kappa shape index (κ1) is 21.3. The molecule has 0 aromatic heterocycles. The van der Waals surface area contributed by atoms with Crippen molar-refractivity contribution in [2.75, 3.05) is 19.0 Å². The fraction of sp³-hybridized carbons (Fsp3) is 0.238. The van der Waals surface area contributed by atoms with Gasteiger partial charge >= 0.3 is 5.97 Å². The van der Waals surface area contributed by atoms with Gasteiger partial charge in [-0.1, -0.05) is 29.8 Å². The lowest BCUT2D eigenvalue weighted by Gasteiger charge is -2.13. The Kier molecular flexibility index (Phi) is 7.89. The summed E-state index contributed by atoms with van der Waals surface area (Å²) < 4.78 is 15.9. The third-order valence-electron chi connectivity index (χ3n) is 3.46. The number of rotatable bonds is 8. The van der Waals surface area contributed by atoms with Crippen molar-refractivity contribution in [3.05, 3.63) is 59.1 Å². The first-order chi connectivity index (χ1) is 13.4. The summed E-state index contributed by atoms with van der Waals surface area (Å²) >= 11 is 5.96. The van der Waals surface area contributed by atoms with Crippen LogP contribution in [0.15, 0.2) is 48.5 Å². The van der Waals surface area contributed by atoms with Crippen LogP contribution < -0.4 is 14.8 Å². The molecule has 0 heterocycles. The molecule has 0 atom stereocenters. The van der Waals surface area contributed by atoms with Crippen LogP contribution in [0.25, 0.3) is 6.08 Å². The molecule has 0 radical (unpaired) electrons. The third kappa shape index (κ3) is 6.63. The molecular weight excluding hydrogens is 382 g/mol. The number of esters is 1. The summed E-state index contributed by atoms with van der Waals surface area (Å²) in [4.78, 5) is 23.7. The van der Waals surface area contributed by atoms with E-state index >= 15 is 0 Å². The van der Waals surface area contributed by atoms with Crippen molar-refractivity contribution in [1.29, 1.82) is 0 Å². The van der Waals surface area contributed by atoms with Crippen molar-refractivity contribution in [3.63, 3.8) is 0 Å². The second kappa shape index (κ2) is 10.4. The molecule has 1 amide bonds. The maximum atomic E-state index is 11.9. The zero-order chi connectivity index (χ0) is 20.5. The Hall–Kier alpha value is -2.99. The largest absolute Gasteiger partial charge is 0.493 e. The normalized spacial score (nSPS) is 10.8. The zero-order valence-corrected chi connectivity index (χ0v) is 16.7. The van der Waals surface area contributed by atoms with Crippen LogP contribution in [0.5, 0.6) is 11.5 Å². The molecule has 0 aliphatic heterocycles. The summed E-state index contributed by atoms with van der Waals surface area (Å²) in [6.07, 6.45) is 2.82. The number of benzene rings is 2. The lowest BCUT2D eigenvalue weighted by Crippen LogP contribution is -2.20. The number of anilines is 1. The molecule has 7 heteroatoms. The highest BCUT2D eigenvalue weighted by atomic mass is 35.5. The molecule has 0 aliphatic rings. The average molecular weight is 404 g/mol. The van der Waals surface area contributed by atoms with Gasteiger partial charge in [-0.2, -0.15) is 0 Å². The highest BCUT2D eigenvalue weighted by Gasteiger charge is 2.09. The number of carbonyl (C=O) groups is 2. The molecule has 0 saturated heterocycles. The first-order valence-electron chi connectivity index (χ1n) is 8.63. The van der Waals surface area contributed by atoms with Crippen LogP contribution in [0.2, 0.25) is 5.02 Å². The van der Waals surface area contributed by atoms with E-state index in [9.17, 15) is 9.59 Å². The predicted octanol–water partition coefficient (Wildman–Crippen LogP) is 4.33. The van der Waals surface area contributed by atoms with Crippen molar-refractivity contribution in [2.45, 2.75) is 20.0 Å². The maximum absolute atomic E-state index is 11.9. The van der Waals surface area contributed by atoms with Gasteiger partial charge in [-0.25, -0.2) is 4.79 Å². The molecule has 0 fully saturated rings. The number of hydrogen-bond donors (Lipinski definition) is 1. The molecule has 0 saturated carbocycles. The Morgan fingerprint density at radius 3 is 2.57 bits per heavy atom. The molecule has 2 aromatic carbocycles. The summed E-state index contributed by atoms with van der Waals surface area (Å²) in [5, 5.41) is 2.98. The van der Waals surface area contributed by atoms with Crippen LogP contribution in [0.1, 0.15) is 19.4 Å². The molecule has 0 spiro atoms. The number of ether oxygens (including phenoxy) is 3. The number of nitrogens with one attached hydrogen (secondary N) is 1. The lowest BCUT2D eigenvalue weighted by molar-refractivity contribution is -0.142. The number of amides is 1.